The van der Waals surface area contributed by atoms with Crippen LogP contribution in [-0.4, -0.2) is 29.0 Å². The first-order valence-corrected chi connectivity index (χ1v) is 9.77. The van der Waals surface area contributed by atoms with Gasteiger partial charge in [-0.15, -0.1) is 0 Å². The zero-order valence-electron chi connectivity index (χ0n) is 15.4. The molecule has 0 aliphatic carbocycles. The summed E-state index contributed by atoms with van der Waals surface area (Å²) in [5, 5.41) is 18.5. The topological polar surface area (TPSA) is 79.6 Å². The summed E-state index contributed by atoms with van der Waals surface area (Å²) in [6, 6.07) is 20.6. The lowest BCUT2D eigenvalue weighted by Gasteiger charge is -2.24. The van der Waals surface area contributed by atoms with Crippen molar-refractivity contribution in [2.45, 2.75) is 35.1 Å². The first-order chi connectivity index (χ1) is 13.0. The van der Waals surface area contributed by atoms with Crippen molar-refractivity contribution in [3.05, 3.63) is 72.0 Å². The van der Waals surface area contributed by atoms with Gasteiger partial charge in [-0.1, -0.05) is 36.0 Å². The van der Waals surface area contributed by atoms with Crippen LogP contribution in [0.4, 0.5) is 0 Å². The molecule has 0 saturated carbocycles. The maximum atomic E-state index is 9.27. The molecule has 0 fully saturated rings. The van der Waals surface area contributed by atoms with Crippen molar-refractivity contribution in [2.24, 2.45) is 5.73 Å². The highest BCUT2D eigenvalue weighted by atomic mass is 32.2. The third-order valence-corrected chi connectivity index (χ3v) is 5.60. The molecule has 0 aliphatic rings. The van der Waals surface area contributed by atoms with E-state index in [-0.39, 0.29) is 13.2 Å². The number of rotatable bonds is 8. The van der Waals surface area contributed by atoms with E-state index < -0.39 is 5.54 Å². The van der Waals surface area contributed by atoms with E-state index in [1.54, 1.807) is 11.8 Å². The molecule has 4 N–H and O–H groups in total. The summed E-state index contributed by atoms with van der Waals surface area (Å²) in [6.45, 7) is 1.51. The number of benzene rings is 2. The van der Waals surface area contributed by atoms with E-state index in [1.165, 1.54) is 0 Å². The number of aliphatic hydroxyl groups excluding tert-OH is 2. The molecule has 0 saturated heterocycles. The molecular weight excluding hydrogens is 358 g/mol. The molecule has 0 amide bonds. The molecule has 5 heteroatoms. The largest absolute Gasteiger partial charge is 0.461 e. The van der Waals surface area contributed by atoms with Crippen molar-refractivity contribution >= 4 is 11.8 Å². The van der Waals surface area contributed by atoms with Gasteiger partial charge in [0.1, 0.15) is 11.5 Å². The van der Waals surface area contributed by atoms with Crippen LogP contribution in [0, 0.1) is 6.92 Å². The molecule has 1 heterocycles. The van der Waals surface area contributed by atoms with Crippen LogP contribution in [0.5, 0.6) is 0 Å². The minimum Gasteiger partial charge on any atom is -0.461 e. The SMILES string of the molecule is Cc1ccc(-c2ccc(Sc3ccc(CCC(N)(CO)CO)cc3)cc2)o1. The van der Waals surface area contributed by atoms with Gasteiger partial charge in [0.05, 0.1) is 18.8 Å². The summed E-state index contributed by atoms with van der Waals surface area (Å²) in [5.74, 6) is 1.79. The quantitative estimate of drug-likeness (QED) is 0.547. The third-order valence-electron chi connectivity index (χ3n) is 4.58. The minimum absolute atomic E-state index is 0.217. The van der Waals surface area contributed by atoms with Crippen LogP contribution in [0.3, 0.4) is 0 Å². The molecule has 27 heavy (non-hydrogen) atoms. The first kappa shape index (κ1) is 19.7. The van der Waals surface area contributed by atoms with Crippen molar-refractivity contribution in [3.8, 4) is 11.3 Å². The summed E-state index contributed by atoms with van der Waals surface area (Å²) in [6.07, 6.45) is 1.26. The number of hydrogen-bond acceptors (Lipinski definition) is 5. The monoisotopic (exact) mass is 383 g/mol. The minimum atomic E-state index is -0.915. The van der Waals surface area contributed by atoms with Gasteiger partial charge in [0.2, 0.25) is 0 Å². The van der Waals surface area contributed by atoms with E-state index in [1.807, 2.05) is 19.1 Å². The summed E-state index contributed by atoms with van der Waals surface area (Å²) in [7, 11) is 0. The molecule has 0 atom stereocenters. The molecule has 0 unspecified atom stereocenters. The fraction of sp³-hybridized carbons (Fsp3) is 0.273. The number of aryl methyl sites for hydroxylation is 2. The second-order valence-corrected chi connectivity index (χ2v) is 8.01. The van der Waals surface area contributed by atoms with E-state index in [0.29, 0.717) is 6.42 Å². The molecule has 2 aromatic carbocycles. The standard InChI is InChI=1S/C22H25NO3S/c1-16-2-11-21(26-16)18-5-9-20(10-6-18)27-19-7-3-17(4-8-19)12-13-22(23,14-24)15-25/h2-11,24-25H,12-15,23H2,1H3. The Bertz CT molecular complexity index is 852. The Balaban J connectivity index is 1.59. The molecule has 0 radical (unpaired) electrons. The van der Waals surface area contributed by atoms with Crippen LogP contribution in [0.15, 0.2) is 74.9 Å². The Morgan fingerprint density at radius 2 is 1.48 bits per heavy atom. The first-order valence-electron chi connectivity index (χ1n) is 8.96. The molecule has 0 spiro atoms. The Morgan fingerprint density at radius 3 is 2.00 bits per heavy atom. The lowest BCUT2D eigenvalue weighted by atomic mass is 9.94. The smallest absolute Gasteiger partial charge is 0.134 e. The van der Waals surface area contributed by atoms with E-state index in [0.717, 1.165) is 38.9 Å². The zero-order valence-corrected chi connectivity index (χ0v) is 16.2. The van der Waals surface area contributed by atoms with Gasteiger partial charge < -0.3 is 20.4 Å². The van der Waals surface area contributed by atoms with Crippen molar-refractivity contribution in [1.29, 1.82) is 0 Å². The number of furan rings is 1. The highest BCUT2D eigenvalue weighted by Gasteiger charge is 2.22. The lowest BCUT2D eigenvalue weighted by Crippen LogP contribution is -2.47. The molecule has 142 valence electrons. The number of hydrogen-bond donors (Lipinski definition) is 3. The molecule has 4 nitrogen and oxygen atoms in total. The molecular formula is C22H25NO3S. The van der Waals surface area contributed by atoms with E-state index in [4.69, 9.17) is 10.2 Å². The van der Waals surface area contributed by atoms with Gasteiger partial charge in [-0.2, -0.15) is 0 Å². The molecule has 0 bridgehead atoms. The van der Waals surface area contributed by atoms with Gasteiger partial charge in [0.15, 0.2) is 0 Å². The second-order valence-electron chi connectivity index (χ2n) is 6.86. The third kappa shape index (κ3) is 5.23. The van der Waals surface area contributed by atoms with Gasteiger partial charge >= 0.3 is 0 Å². The predicted molar refractivity (Wildman–Crippen MR) is 109 cm³/mol. The second kappa shape index (κ2) is 8.76. The average molecular weight is 384 g/mol. The lowest BCUT2D eigenvalue weighted by molar-refractivity contribution is 0.115. The van der Waals surface area contributed by atoms with Gasteiger partial charge in [0.25, 0.3) is 0 Å². The van der Waals surface area contributed by atoms with Gasteiger partial charge in [0, 0.05) is 15.4 Å². The van der Waals surface area contributed by atoms with Crippen molar-refractivity contribution in [1.82, 2.24) is 0 Å². The van der Waals surface area contributed by atoms with Gasteiger partial charge in [-0.25, -0.2) is 0 Å². The zero-order chi connectivity index (χ0) is 19.3. The van der Waals surface area contributed by atoms with E-state index in [9.17, 15) is 10.2 Å². The van der Waals surface area contributed by atoms with Gasteiger partial charge in [-0.3, -0.25) is 0 Å². The molecule has 1 aromatic heterocycles. The van der Waals surface area contributed by atoms with Crippen LogP contribution >= 0.6 is 11.8 Å². The molecule has 3 aromatic rings. The predicted octanol–water partition coefficient (Wildman–Crippen LogP) is 4.02. The van der Waals surface area contributed by atoms with Crippen LogP contribution < -0.4 is 5.73 Å². The molecule has 0 aliphatic heterocycles. The maximum Gasteiger partial charge on any atom is 0.134 e. The highest BCUT2D eigenvalue weighted by molar-refractivity contribution is 7.99. The van der Waals surface area contributed by atoms with E-state index in [2.05, 4.69) is 48.5 Å². The normalized spacial score (nSPS) is 11.7. The van der Waals surface area contributed by atoms with Gasteiger partial charge in [-0.05, 0) is 61.7 Å². The van der Waals surface area contributed by atoms with Crippen LogP contribution in [0.25, 0.3) is 11.3 Å². The number of aliphatic hydroxyl groups is 2. The molecule has 3 rings (SSSR count). The van der Waals surface area contributed by atoms with E-state index >= 15 is 0 Å². The van der Waals surface area contributed by atoms with Crippen molar-refractivity contribution in [2.75, 3.05) is 13.2 Å². The van der Waals surface area contributed by atoms with Crippen LogP contribution in [0.1, 0.15) is 17.7 Å². The Morgan fingerprint density at radius 1 is 0.889 bits per heavy atom. The Labute approximate surface area is 164 Å². The fourth-order valence-corrected chi connectivity index (χ4v) is 3.56. The van der Waals surface area contributed by atoms with Crippen molar-refractivity contribution < 1.29 is 14.6 Å². The highest BCUT2D eigenvalue weighted by Crippen LogP contribution is 2.30. The Kier molecular flexibility index (Phi) is 6.39. The summed E-state index contributed by atoms with van der Waals surface area (Å²) in [5.41, 5.74) is 7.21. The summed E-state index contributed by atoms with van der Waals surface area (Å²) >= 11 is 1.70. The number of nitrogens with two attached hydrogens (primary N) is 1. The average Bonchev–Trinajstić information content (AvgIpc) is 3.14. The summed E-state index contributed by atoms with van der Waals surface area (Å²) < 4.78 is 5.66. The van der Waals surface area contributed by atoms with Crippen LogP contribution in [-0.2, 0) is 6.42 Å². The van der Waals surface area contributed by atoms with Crippen molar-refractivity contribution in [3.63, 3.8) is 0 Å². The summed E-state index contributed by atoms with van der Waals surface area (Å²) in [4.78, 5) is 2.32. The van der Waals surface area contributed by atoms with Crippen LogP contribution in [0.2, 0.25) is 0 Å². The fourth-order valence-electron chi connectivity index (χ4n) is 2.74. The Hall–Kier alpha value is -2.05. The maximum absolute atomic E-state index is 9.27.